The molecule has 0 radical (unpaired) electrons. The number of fused-ring (bicyclic) bond motifs is 1. The van der Waals surface area contributed by atoms with E-state index in [2.05, 4.69) is 9.97 Å². The van der Waals surface area contributed by atoms with Gasteiger partial charge >= 0.3 is 0 Å². The highest BCUT2D eigenvalue weighted by molar-refractivity contribution is 7.71. The average molecular weight is 369 g/mol. The van der Waals surface area contributed by atoms with Gasteiger partial charge in [-0.2, -0.15) is 0 Å². The maximum atomic E-state index is 13.2. The third-order valence-electron chi connectivity index (χ3n) is 4.75. The maximum absolute atomic E-state index is 13.2. The van der Waals surface area contributed by atoms with Crippen molar-refractivity contribution in [2.45, 2.75) is 18.9 Å². The molecule has 5 nitrogen and oxygen atoms in total. The molecule has 0 spiro atoms. The summed E-state index contributed by atoms with van der Waals surface area (Å²) >= 11 is 5.00. The fraction of sp³-hybridized carbons (Fsp3) is 0.211. The standard InChI is InChI=1S/C19H16FN3O2S/c20-13-6-3-11(4-7-13)16-2-1-9-23(16)18(25)12-5-8-14-15(10-12)21-19(26)22-17(14)24/h3-8,10,16H,1-2,9H2,(H2,21,22,24,26)/t16-/m0/s1. The van der Waals surface area contributed by atoms with E-state index < -0.39 is 0 Å². The summed E-state index contributed by atoms with van der Waals surface area (Å²) in [4.78, 5) is 32.2. The number of aromatic nitrogens is 2. The van der Waals surface area contributed by atoms with E-state index in [0.717, 1.165) is 18.4 Å². The van der Waals surface area contributed by atoms with Crippen molar-refractivity contribution in [1.29, 1.82) is 0 Å². The minimum absolute atomic E-state index is 0.0727. The first-order valence-corrected chi connectivity index (χ1v) is 8.76. The van der Waals surface area contributed by atoms with Crippen LogP contribution in [0.1, 0.15) is 34.8 Å². The van der Waals surface area contributed by atoms with Crippen molar-refractivity contribution in [2.24, 2.45) is 0 Å². The first-order chi connectivity index (χ1) is 12.5. The van der Waals surface area contributed by atoms with Crippen molar-refractivity contribution in [1.82, 2.24) is 14.9 Å². The first-order valence-electron chi connectivity index (χ1n) is 8.36. The van der Waals surface area contributed by atoms with Crippen molar-refractivity contribution in [3.63, 3.8) is 0 Å². The van der Waals surface area contributed by atoms with Gasteiger partial charge in [-0.05, 0) is 61.0 Å². The van der Waals surface area contributed by atoms with Gasteiger partial charge < -0.3 is 9.88 Å². The predicted octanol–water partition coefficient (Wildman–Crippen LogP) is 3.70. The molecule has 2 aromatic carbocycles. The lowest BCUT2D eigenvalue weighted by Crippen LogP contribution is -2.30. The monoisotopic (exact) mass is 369 g/mol. The molecular formula is C19H16FN3O2S. The number of nitrogens with zero attached hydrogens (tertiary/aromatic N) is 1. The second-order valence-corrected chi connectivity index (χ2v) is 6.78. The molecule has 1 amide bonds. The molecule has 0 saturated carbocycles. The van der Waals surface area contributed by atoms with E-state index in [4.69, 9.17) is 12.2 Å². The van der Waals surface area contributed by atoms with Crippen molar-refractivity contribution in [2.75, 3.05) is 6.54 Å². The first kappa shape index (κ1) is 16.7. The van der Waals surface area contributed by atoms with Gasteiger partial charge in [-0.25, -0.2) is 4.39 Å². The third-order valence-corrected chi connectivity index (χ3v) is 4.96. The van der Waals surface area contributed by atoms with Crippen molar-refractivity contribution in [3.8, 4) is 0 Å². The zero-order chi connectivity index (χ0) is 18.3. The predicted molar refractivity (Wildman–Crippen MR) is 99.2 cm³/mol. The molecule has 2 N–H and O–H groups in total. The van der Waals surface area contributed by atoms with Crippen LogP contribution in [0.2, 0.25) is 0 Å². The Morgan fingerprint density at radius 2 is 1.92 bits per heavy atom. The number of halogens is 1. The van der Waals surface area contributed by atoms with E-state index in [1.165, 1.54) is 12.1 Å². The summed E-state index contributed by atoms with van der Waals surface area (Å²) in [6.07, 6.45) is 1.73. The topological polar surface area (TPSA) is 69.0 Å². The normalized spacial score (nSPS) is 17.0. The quantitative estimate of drug-likeness (QED) is 0.677. The average Bonchev–Trinajstić information content (AvgIpc) is 3.10. The van der Waals surface area contributed by atoms with Crippen molar-refractivity contribution < 1.29 is 9.18 Å². The molecule has 1 aliphatic heterocycles. The van der Waals surface area contributed by atoms with Gasteiger partial charge in [0.05, 0.1) is 16.9 Å². The van der Waals surface area contributed by atoms with E-state index in [1.807, 2.05) is 0 Å². The Morgan fingerprint density at radius 1 is 1.15 bits per heavy atom. The number of benzene rings is 2. The second-order valence-electron chi connectivity index (χ2n) is 6.38. The van der Waals surface area contributed by atoms with Gasteiger partial charge in [0.1, 0.15) is 5.82 Å². The summed E-state index contributed by atoms with van der Waals surface area (Å²) in [6, 6.07) is 11.1. The molecule has 1 aliphatic rings. The number of likely N-dealkylation sites (tertiary alicyclic amines) is 1. The highest BCUT2D eigenvalue weighted by atomic mass is 32.1. The lowest BCUT2D eigenvalue weighted by Gasteiger charge is -2.25. The fourth-order valence-electron chi connectivity index (χ4n) is 3.51. The molecule has 0 unspecified atom stereocenters. The molecule has 0 aliphatic carbocycles. The van der Waals surface area contributed by atoms with E-state index in [9.17, 15) is 14.0 Å². The van der Waals surface area contributed by atoms with Crippen LogP contribution in [0.3, 0.4) is 0 Å². The Morgan fingerprint density at radius 3 is 2.69 bits per heavy atom. The van der Waals surface area contributed by atoms with Crippen LogP contribution in [-0.2, 0) is 0 Å². The zero-order valence-electron chi connectivity index (χ0n) is 13.8. The van der Waals surface area contributed by atoms with E-state index in [0.29, 0.717) is 23.0 Å². The summed E-state index contributed by atoms with van der Waals surface area (Å²) in [5.41, 5.74) is 1.66. The number of aromatic amines is 2. The Balaban J connectivity index is 1.70. The number of carbonyl (C=O) groups is 1. The molecule has 7 heteroatoms. The van der Waals surface area contributed by atoms with Crippen LogP contribution in [0.15, 0.2) is 47.3 Å². The smallest absolute Gasteiger partial charge is 0.259 e. The van der Waals surface area contributed by atoms with Gasteiger partial charge in [0.25, 0.3) is 11.5 Å². The Kier molecular flexibility index (Phi) is 4.16. The molecule has 1 saturated heterocycles. The molecule has 1 aromatic heterocycles. The summed E-state index contributed by atoms with van der Waals surface area (Å²) in [5.74, 6) is -0.405. The van der Waals surface area contributed by atoms with Crippen LogP contribution in [0.4, 0.5) is 4.39 Å². The number of hydrogen-bond donors (Lipinski definition) is 2. The molecule has 1 atom stereocenters. The number of carbonyl (C=O) groups excluding carboxylic acids is 1. The molecule has 1 fully saturated rings. The molecule has 4 rings (SSSR count). The van der Waals surface area contributed by atoms with Gasteiger partial charge in [-0.15, -0.1) is 0 Å². The van der Waals surface area contributed by atoms with Crippen molar-refractivity contribution in [3.05, 3.63) is 74.5 Å². The molecule has 26 heavy (non-hydrogen) atoms. The second kappa shape index (κ2) is 6.49. The lowest BCUT2D eigenvalue weighted by atomic mass is 10.0. The summed E-state index contributed by atoms with van der Waals surface area (Å²) in [7, 11) is 0. The minimum atomic E-state index is -0.292. The van der Waals surface area contributed by atoms with Gasteiger partial charge in [-0.1, -0.05) is 12.1 Å². The SMILES string of the molecule is O=C(c1ccc2c(=O)[nH]c(=S)[nH]c2c1)N1CCC[C@H]1c1ccc(F)cc1. The van der Waals surface area contributed by atoms with Crippen LogP contribution in [0.5, 0.6) is 0 Å². The van der Waals surface area contributed by atoms with Crippen LogP contribution in [0, 0.1) is 10.6 Å². The van der Waals surface area contributed by atoms with Crippen LogP contribution in [-0.4, -0.2) is 27.3 Å². The van der Waals surface area contributed by atoms with Crippen molar-refractivity contribution >= 4 is 29.0 Å². The molecule has 2 heterocycles. The third kappa shape index (κ3) is 2.94. The van der Waals surface area contributed by atoms with E-state index in [1.54, 1.807) is 35.2 Å². The highest BCUT2D eigenvalue weighted by Gasteiger charge is 2.30. The van der Waals surface area contributed by atoms with E-state index >= 15 is 0 Å². The molecular weight excluding hydrogens is 353 g/mol. The van der Waals surface area contributed by atoms with Gasteiger partial charge in [0.2, 0.25) is 0 Å². The van der Waals surface area contributed by atoms with Gasteiger partial charge in [0.15, 0.2) is 4.77 Å². The van der Waals surface area contributed by atoms with Crippen LogP contribution in [0.25, 0.3) is 10.9 Å². The number of H-pyrrole nitrogens is 2. The maximum Gasteiger partial charge on any atom is 0.259 e. The summed E-state index contributed by atoms with van der Waals surface area (Å²) < 4.78 is 13.4. The Bertz CT molecular complexity index is 1100. The van der Waals surface area contributed by atoms with Crippen LogP contribution >= 0.6 is 12.2 Å². The van der Waals surface area contributed by atoms with Gasteiger partial charge in [-0.3, -0.25) is 14.6 Å². The lowest BCUT2D eigenvalue weighted by molar-refractivity contribution is 0.0736. The minimum Gasteiger partial charge on any atom is -0.332 e. The van der Waals surface area contributed by atoms with Crippen LogP contribution < -0.4 is 5.56 Å². The number of hydrogen-bond acceptors (Lipinski definition) is 3. The fourth-order valence-corrected chi connectivity index (χ4v) is 3.71. The zero-order valence-corrected chi connectivity index (χ0v) is 14.6. The summed E-state index contributed by atoms with van der Waals surface area (Å²) in [6.45, 7) is 0.643. The number of amides is 1. The number of rotatable bonds is 2. The Labute approximate surface area is 153 Å². The molecule has 3 aromatic rings. The van der Waals surface area contributed by atoms with Gasteiger partial charge in [0, 0.05) is 12.1 Å². The highest BCUT2D eigenvalue weighted by Crippen LogP contribution is 2.33. The number of nitrogens with one attached hydrogen (secondary N) is 2. The Hall–Kier alpha value is -2.80. The van der Waals surface area contributed by atoms with E-state index in [-0.39, 0.29) is 28.1 Å². The molecule has 0 bridgehead atoms. The largest absolute Gasteiger partial charge is 0.332 e. The molecule has 132 valence electrons. The summed E-state index contributed by atoms with van der Waals surface area (Å²) in [5, 5.41) is 0.451.